The molecule has 1 aromatic heterocycles. The zero-order valence-electron chi connectivity index (χ0n) is 13.5. The Morgan fingerprint density at radius 2 is 1.83 bits per heavy atom. The number of rotatable bonds is 4. The van der Waals surface area contributed by atoms with E-state index in [1.165, 1.54) is 11.3 Å². The van der Waals surface area contributed by atoms with Gasteiger partial charge in [-0.05, 0) is 19.8 Å². The number of anilines is 1. The summed E-state index contributed by atoms with van der Waals surface area (Å²) in [5, 5.41) is 14.6. The van der Waals surface area contributed by atoms with Crippen molar-refractivity contribution in [3.05, 3.63) is 35.2 Å². The van der Waals surface area contributed by atoms with Crippen molar-refractivity contribution in [1.29, 1.82) is 0 Å². The highest BCUT2D eigenvalue weighted by atomic mass is 32.1. The number of carbonyl (C=O) groups is 2. The number of amides is 1. The van der Waals surface area contributed by atoms with Crippen molar-refractivity contribution in [2.75, 3.05) is 5.32 Å². The van der Waals surface area contributed by atoms with Gasteiger partial charge in [-0.15, -0.1) is 11.3 Å². The lowest BCUT2D eigenvalue weighted by Crippen LogP contribution is -2.42. The van der Waals surface area contributed by atoms with Crippen LogP contribution in [0.1, 0.15) is 30.6 Å². The highest BCUT2D eigenvalue weighted by molar-refractivity contribution is 7.16. The molecule has 0 spiro atoms. The van der Waals surface area contributed by atoms with Crippen molar-refractivity contribution in [2.45, 2.75) is 32.6 Å². The normalized spacial score (nSPS) is 20.5. The third kappa shape index (κ3) is 3.48. The highest BCUT2D eigenvalue weighted by Crippen LogP contribution is 2.33. The number of aromatic nitrogens is 1. The van der Waals surface area contributed by atoms with Gasteiger partial charge in [0, 0.05) is 28.2 Å². The van der Waals surface area contributed by atoms with Gasteiger partial charge in [0.25, 0.3) is 0 Å². The number of carboxylic acid groups (broad SMARTS) is 1. The second-order valence-corrected chi connectivity index (χ2v) is 7.30. The zero-order chi connectivity index (χ0) is 17.1. The van der Waals surface area contributed by atoms with Gasteiger partial charge in [-0.1, -0.05) is 43.2 Å². The molecular weight excluding hydrogens is 324 g/mol. The number of aryl methyl sites for hydroxylation is 1. The molecule has 1 amide bonds. The summed E-state index contributed by atoms with van der Waals surface area (Å²) in [5.74, 6) is -2.63. The summed E-state index contributed by atoms with van der Waals surface area (Å²) in [6, 6.07) is 9.77. The van der Waals surface area contributed by atoms with Gasteiger partial charge >= 0.3 is 0 Å². The van der Waals surface area contributed by atoms with Crippen LogP contribution in [0.5, 0.6) is 0 Å². The molecule has 1 saturated carbocycles. The minimum Gasteiger partial charge on any atom is -0.550 e. The van der Waals surface area contributed by atoms with E-state index >= 15 is 0 Å². The first-order valence-electron chi connectivity index (χ1n) is 8.11. The maximum Gasteiger partial charge on any atom is 0.229 e. The maximum absolute atomic E-state index is 12.5. The van der Waals surface area contributed by atoms with Crippen LogP contribution in [0.2, 0.25) is 0 Å². The minimum atomic E-state index is -1.13. The molecule has 5 nitrogen and oxygen atoms in total. The van der Waals surface area contributed by atoms with Crippen LogP contribution >= 0.6 is 11.3 Å². The third-order valence-corrected chi connectivity index (χ3v) is 5.37. The SMILES string of the molecule is Cc1sc(NC(=O)[C@H]2CCCC[C@@H]2C(=O)[O-])nc1-c1ccccc1. The van der Waals surface area contributed by atoms with Crippen LogP contribution in [0.15, 0.2) is 30.3 Å². The number of aliphatic carboxylic acids is 1. The first kappa shape index (κ1) is 16.6. The maximum atomic E-state index is 12.5. The number of carbonyl (C=O) groups excluding carboxylic acids is 2. The van der Waals surface area contributed by atoms with Crippen LogP contribution < -0.4 is 10.4 Å². The predicted molar refractivity (Wildman–Crippen MR) is 91.4 cm³/mol. The van der Waals surface area contributed by atoms with E-state index in [2.05, 4.69) is 10.3 Å². The van der Waals surface area contributed by atoms with E-state index in [9.17, 15) is 14.7 Å². The lowest BCUT2D eigenvalue weighted by molar-refractivity contribution is -0.313. The van der Waals surface area contributed by atoms with E-state index in [4.69, 9.17) is 0 Å². The molecule has 1 aromatic carbocycles. The van der Waals surface area contributed by atoms with E-state index in [0.717, 1.165) is 29.0 Å². The molecule has 1 aliphatic rings. The fourth-order valence-electron chi connectivity index (χ4n) is 3.24. The Labute approximate surface area is 144 Å². The van der Waals surface area contributed by atoms with Crippen molar-refractivity contribution in [3.8, 4) is 11.3 Å². The van der Waals surface area contributed by atoms with Crippen LogP contribution in [0.3, 0.4) is 0 Å². The summed E-state index contributed by atoms with van der Waals surface area (Å²) in [5.41, 5.74) is 1.84. The van der Waals surface area contributed by atoms with Crippen LogP contribution in [0.4, 0.5) is 5.13 Å². The smallest absolute Gasteiger partial charge is 0.229 e. The molecule has 0 saturated heterocycles. The molecule has 2 atom stereocenters. The fourth-order valence-corrected chi connectivity index (χ4v) is 4.08. The Morgan fingerprint density at radius 1 is 1.17 bits per heavy atom. The number of nitrogens with one attached hydrogen (secondary N) is 1. The molecule has 3 rings (SSSR count). The van der Waals surface area contributed by atoms with E-state index in [-0.39, 0.29) is 5.91 Å². The monoisotopic (exact) mass is 343 g/mol. The second-order valence-electron chi connectivity index (χ2n) is 6.10. The molecule has 1 aliphatic carbocycles. The van der Waals surface area contributed by atoms with Crippen LogP contribution in [0, 0.1) is 18.8 Å². The standard InChI is InChI=1S/C18H20N2O3S/c1-11-15(12-7-3-2-4-8-12)19-18(24-11)20-16(21)13-9-5-6-10-14(13)17(22)23/h2-4,7-8,13-14H,5-6,9-10H2,1H3,(H,22,23)(H,19,20,21)/p-1/t13-,14-/m0/s1. The number of hydrogen-bond acceptors (Lipinski definition) is 5. The van der Waals surface area contributed by atoms with Gasteiger partial charge in [0.15, 0.2) is 5.13 Å². The van der Waals surface area contributed by atoms with E-state index in [0.29, 0.717) is 18.0 Å². The predicted octanol–water partition coefficient (Wildman–Crippen LogP) is 2.61. The van der Waals surface area contributed by atoms with Gasteiger partial charge in [-0.3, -0.25) is 4.79 Å². The quantitative estimate of drug-likeness (QED) is 0.925. The Hall–Kier alpha value is -2.21. The lowest BCUT2D eigenvalue weighted by Gasteiger charge is -2.30. The first-order valence-corrected chi connectivity index (χ1v) is 8.92. The number of benzene rings is 1. The molecule has 1 N–H and O–H groups in total. The van der Waals surface area contributed by atoms with Gasteiger partial charge in [-0.25, -0.2) is 4.98 Å². The van der Waals surface area contributed by atoms with E-state index in [1.54, 1.807) is 0 Å². The average Bonchev–Trinajstić information content (AvgIpc) is 2.96. The number of carboxylic acids is 1. The summed E-state index contributed by atoms with van der Waals surface area (Å²) >= 11 is 1.41. The van der Waals surface area contributed by atoms with Gasteiger partial charge in [0.05, 0.1) is 5.69 Å². The summed E-state index contributed by atoms with van der Waals surface area (Å²) < 4.78 is 0. The Morgan fingerprint density at radius 3 is 2.50 bits per heavy atom. The molecule has 1 fully saturated rings. The van der Waals surface area contributed by atoms with Crippen molar-refractivity contribution < 1.29 is 14.7 Å². The van der Waals surface area contributed by atoms with Crippen molar-refractivity contribution in [2.24, 2.45) is 11.8 Å². The molecule has 24 heavy (non-hydrogen) atoms. The minimum absolute atomic E-state index is 0.266. The molecule has 0 aliphatic heterocycles. The summed E-state index contributed by atoms with van der Waals surface area (Å²) in [6.45, 7) is 1.96. The largest absolute Gasteiger partial charge is 0.550 e. The van der Waals surface area contributed by atoms with Gasteiger partial charge < -0.3 is 15.2 Å². The van der Waals surface area contributed by atoms with Gasteiger partial charge in [0.1, 0.15) is 0 Å². The zero-order valence-corrected chi connectivity index (χ0v) is 14.3. The van der Waals surface area contributed by atoms with E-state index < -0.39 is 17.8 Å². The van der Waals surface area contributed by atoms with Crippen molar-refractivity contribution >= 4 is 28.3 Å². The molecular formula is C18H19N2O3S-. The molecule has 0 unspecified atom stereocenters. The molecule has 0 radical (unpaired) electrons. The Balaban J connectivity index is 1.76. The summed E-state index contributed by atoms with van der Waals surface area (Å²) in [4.78, 5) is 29.3. The van der Waals surface area contributed by atoms with Crippen LogP contribution in [-0.2, 0) is 9.59 Å². The van der Waals surface area contributed by atoms with E-state index in [1.807, 2.05) is 37.3 Å². The summed E-state index contributed by atoms with van der Waals surface area (Å²) in [6.07, 6.45) is 2.79. The number of nitrogens with zero attached hydrogens (tertiary/aromatic N) is 1. The van der Waals surface area contributed by atoms with Crippen LogP contribution in [0.25, 0.3) is 11.3 Å². The number of thiazole rings is 1. The van der Waals surface area contributed by atoms with Gasteiger partial charge in [-0.2, -0.15) is 0 Å². The van der Waals surface area contributed by atoms with Crippen LogP contribution in [-0.4, -0.2) is 16.9 Å². The van der Waals surface area contributed by atoms with Crippen molar-refractivity contribution in [3.63, 3.8) is 0 Å². The highest BCUT2D eigenvalue weighted by Gasteiger charge is 2.32. The average molecular weight is 343 g/mol. The Kier molecular flexibility index (Phi) is 4.94. The molecule has 6 heteroatoms. The third-order valence-electron chi connectivity index (χ3n) is 4.48. The van der Waals surface area contributed by atoms with Crippen molar-refractivity contribution in [1.82, 2.24) is 4.98 Å². The first-order chi connectivity index (χ1) is 11.6. The molecule has 2 aromatic rings. The topological polar surface area (TPSA) is 82.1 Å². The Bertz CT molecular complexity index is 742. The molecule has 1 heterocycles. The fraction of sp³-hybridized carbons (Fsp3) is 0.389. The lowest BCUT2D eigenvalue weighted by atomic mass is 9.79. The second kappa shape index (κ2) is 7.13. The summed E-state index contributed by atoms with van der Waals surface area (Å²) in [7, 11) is 0. The molecule has 0 bridgehead atoms. The van der Waals surface area contributed by atoms with Gasteiger partial charge in [0.2, 0.25) is 5.91 Å². The number of hydrogen-bond donors (Lipinski definition) is 1. The molecule has 126 valence electrons.